The normalized spacial score (nSPS) is 16.2. The number of allylic oxidation sites excluding steroid dienone is 3. The van der Waals surface area contributed by atoms with E-state index in [1.54, 1.807) is 0 Å². The summed E-state index contributed by atoms with van der Waals surface area (Å²) in [5.41, 5.74) is -1.08. The Morgan fingerprint density at radius 1 is 1.00 bits per heavy atom. The van der Waals surface area contributed by atoms with E-state index in [-0.39, 0.29) is 92.9 Å². The minimum atomic E-state index is -5.04. The maximum Gasteiger partial charge on any atom is 1.00 e. The van der Waals surface area contributed by atoms with Crippen molar-refractivity contribution in [2.24, 2.45) is 4.99 Å². The van der Waals surface area contributed by atoms with Crippen LogP contribution >= 0.6 is 0 Å². The van der Waals surface area contributed by atoms with Gasteiger partial charge in [-0.2, -0.15) is 0 Å². The van der Waals surface area contributed by atoms with Crippen molar-refractivity contribution < 1.29 is 93.7 Å². The molecule has 2 heterocycles. The average Bonchev–Trinajstić information content (AvgIpc) is 2.90. The molecule has 0 fully saturated rings. The quantitative estimate of drug-likeness (QED) is 0.327. The minimum absolute atomic E-state index is 0. The summed E-state index contributed by atoms with van der Waals surface area (Å²) >= 11 is 0. The first-order chi connectivity index (χ1) is 12.1. The van der Waals surface area contributed by atoms with E-state index in [1.165, 1.54) is 27.7 Å². The van der Waals surface area contributed by atoms with Crippen LogP contribution in [0.3, 0.4) is 0 Å². The van der Waals surface area contributed by atoms with Crippen LogP contribution in [0.25, 0.3) is 5.57 Å². The van der Waals surface area contributed by atoms with Gasteiger partial charge in [-0.15, -0.1) is 0 Å². The average molecular weight is 466 g/mol. The van der Waals surface area contributed by atoms with Gasteiger partial charge in [-0.25, -0.2) is 16.8 Å². The van der Waals surface area contributed by atoms with Crippen LogP contribution in [0, 0.1) is 13.8 Å². The molecule has 0 atom stereocenters. The largest absolute Gasteiger partial charge is 1.00 e. The number of halogens is 2. The van der Waals surface area contributed by atoms with Gasteiger partial charge in [0.25, 0.3) is 0 Å². The first kappa shape index (κ1) is 29.2. The smallest absolute Gasteiger partial charge is 0.744 e. The Balaban J connectivity index is 0.00000392. The first-order valence-electron chi connectivity index (χ1n) is 7.50. The van der Waals surface area contributed by atoms with E-state index >= 15 is 0 Å². The van der Waals surface area contributed by atoms with Gasteiger partial charge < -0.3 is 13.6 Å². The van der Waals surface area contributed by atoms with Crippen molar-refractivity contribution in [1.29, 1.82) is 0 Å². The summed E-state index contributed by atoms with van der Waals surface area (Å²) in [6, 6.07) is 0. The molecular formula is C14H15BF2N2Na2O6S2. The zero-order chi connectivity index (χ0) is 21.1. The van der Waals surface area contributed by atoms with Crippen molar-refractivity contribution >= 4 is 38.9 Å². The molecule has 0 radical (unpaired) electrons. The Kier molecular flexibility index (Phi) is 9.82. The van der Waals surface area contributed by atoms with Gasteiger partial charge >= 0.3 is 66.5 Å². The van der Waals surface area contributed by atoms with E-state index in [2.05, 4.69) is 4.99 Å². The maximum absolute atomic E-state index is 13.6. The van der Waals surface area contributed by atoms with E-state index in [0.29, 0.717) is 4.48 Å². The van der Waals surface area contributed by atoms with Crippen LogP contribution in [0.2, 0.25) is 0 Å². The summed E-state index contributed by atoms with van der Waals surface area (Å²) in [5.74, 6) is 0. The predicted octanol–water partition coefficient (Wildman–Crippen LogP) is -4.19. The van der Waals surface area contributed by atoms with Gasteiger partial charge in [0.1, 0.15) is 20.2 Å². The Hall–Kier alpha value is 0.175. The van der Waals surface area contributed by atoms with Gasteiger partial charge in [0, 0.05) is 11.4 Å². The summed E-state index contributed by atoms with van der Waals surface area (Å²) in [6.45, 7) is 6.19. The van der Waals surface area contributed by atoms with Crippen molar-refractivity contribution in [2.45, 2.75) is 39.5 Å². The SMILES string of the molecule is CC1=N/C(=C(/C)c2c(C)c(S(=O)(=O)[O-])c(C)n2B(F)F)C(C)=C1S(=O)(=O)[O-].[Na+].[Na+]. The molecule has 1 aliphatic rings. The second kappa shape index (κ2) is 9.76. The third-order valence-corrected chi connectivity index (χ3v) is 6.54. The minimum Gasteiger partial charge on any atom is -0.744 e. The molecule has 0 aliphatic carbocycles. The summed E-state index contributed by atoms with van der Waals surface area (Å²) in [6.07, 6.45) is 0. The monoisotopic (exact) mass is 466 g/mol. The van der Waals surface area contributed by atoms with Crippen LogP contribution in [0.15, 0.2) is 26.1 Å². The fraction of sp³-hybridized carbons (Fsp3) is 0.357. The summed E-state index contributed by atoms with van der Waals surface area (Å²) in [7, 11) is -13.0. The summed E-state index contributed by atoms with van der Waals surface area (Å²) in [5, 5.41) is 0. The second-order valence-electron chi connectivity index (χ2n) is 6.07. The number of hydrogen-bond acceptors (Lipinski definition) is 7. The molecular weight excluding hydrogens is 451 g/mol. The number of nitrogens with zero attached hydrogens (tertiary/aromatic N) is 2. The van der Waals surface area contributed by atoms with Crippen molar-refractivity contribution in [3.8, 4) is 0 Å². The molecule has 1 aliphatic heterocycles. The molecule has 0 unspecified atom stereocenters. The second-order valence-corrected chi connectivity index (χ2v) is 8.70. The molecule has 0 saturated heterocycles. The molecule has 0 spiro atoms. The van der Waals surface area contributed by atoms with E-state index in [9.17, 15) is 34.6 Å². The van der Waals surface area contributed by atoms with Crippen LogP contribution in [0.1, 0.15) is 37.7 Å². The van der Waals surface area contributed by atoms with E-state index in [1.807, 2.05) is 0 Å². The van der Waals surface area contributed by atoms with Crippen LogP contribution in [-0.2, 0) is 20.2 Å². The summed E-state index contributed by atoms with van der Waals surface area (Å²) in [4.78, 5) is 2.67. The third-order valence-electron chi connectivity index (χ3n) is 4.34. The fourth-order valence-corrected chi connectivity index (χ4v) is 5.25. The van der Waals surface area contributed by atoms with Gasteiger partial charge in [0.15, 0.2) is 0 Å². The standard InChI is InChI=1S/C14H17BF2N2O6S2.2Na/c1-6(11-7(2)13(9(4)18-11)26(20,21)22)12-8(3)14(27(23,24)25)10(5)19(12)15(16)17;;/h1-5H3,(H,20,21,22)(H,23,24,25);;/q;2*+1/p-2/b11-6-;;. The molecule has 1 aromatic heterocycles. The van der Waals surface area contributed by atoms with Gasteiger partial charge in [0.05, 0.1) is 21.2 Å². The molecule has 0 N–H and O–H groups in total. The Bertz CT molecular complexity index is 1160. The maximum atomic E-state index is 13.6. The molecule has 0 saturated carbocycles. The number of hydrogen-bond donors (Lipinski definition) is 0. The number of aromatic nitrogens is 1. The molecule has 0 amide bonds. The van der Waals surface area contributed by atoms with Crippen molar-refractivity contribution in [3.05, 3.63) is 33.1 Å². The van der Waals surface area contributed by atoms with Crippen molar-refractivity contribution in [1.82, 2.24) is 4.48 Å². The first-order valence-corrected chi connectivity index (χ1v) is 10.3. The Labute approximate surface area is 212 Å². The van der Waals surface area contributed by atoms with Crippen LogP contribution < -0.4 is 59.1 Å². The van der Waals surface area contributed by atoms with Crippen LogP contribution in [0.4, 0.5) is 8.63 Å². The Morgan fingerprint density at radius 2 is 1.48 bits per heavy atom. The molecule has 1 aromatic rings. The van der Waals surface area contributed by atoms with Gasteiger partial charge in [0.2, 0.25) is 0 Å². The fourth-order valence-electron chi connectivity index (χ4n) is 3.44. The van der Waals surface area contributed by atoms with Crippen molar-refractivity contribution in [2.75, 3.05) is 0 Å². The molecule has 0 bridgehead atoms. The molecule has 29 heavy (non-hydrogen) atoms. The van der Waals surface area contributed by atoms with Gasteiger partial charge in [-0.3, -0.25) is 13.6 Å². The molecule has 2 rings (SSSR count). The van der Waals surface area contributed by atoms with Gasteiger partial charge in [-0.1, -0.05) is 0 Å². The van der Waals surface area contributed by atoms with Gasteiger partial charge in [-0.05, 0) is 51.3 Å². The zero-order valence-corrected chi connectivity index (χ0v) is 22.6. The van der Waals surface area contributed by atoms with E-state index < -0.39 is 43.1 Å². The predicted molar refractivity (Wildman–Crippen MR) is 93.3 cm³/mol. The zero-order valence-electron chi connectivity index (χ0n) is 17.0. The van der Waals surface area contributed by atoms with E-state index in [0.717, 1.165) is 6.92 Å². The Morgan fingerprint density at radius 3 is 1.83 bits per heavy atom. The molecule has 15 heteroatoms. The van der Waals surface area contributed by atoms with Crippen LogP contribution in [0.5, 0.6) is 0 Å². The number of rotatable bonds is 4. The summed E-state index contributed by atoms with van der Waals surface area (Å²) < 4.78 is 96.4. The molecule has 8 nitrogen and oxygen atoms in total. The number of aliphatic imine (C=N–C) groups is 1. The molecule has 0 aromatic carbocycles. The third kappa shape index (κ3) is 5.33. The van der Waals surface area contributed by atoms with Crippen molar-refractivity contribution in [3.63, 3.8) is 0 Å². The topological polar surface area (TPSA) is 132 Å². The molecule has 148 valence electrons. The van der Waals surface area contributed by atoms with Crippen LogP contribution in [-0.4, -0.2) is 43.5 Å². The van der Waals surface area contributed by atoms with E-state index in [4.69, 9.17) is 0 Å².